The maximum absolute atomic E-state index is 12.9. The molecule has 0 aliphatic carbocycles. The minimum absolute atomic E-state index is 0. The largest absolute Gasteiger partial charge is 0.370 e. The predicted molar refractivity (Wildman–Crippen MR) is 96.0 cm³/mol. The van der Waals surface area contributed by atoms with E-state index in [4.69, 9.17) is 22.1 Å². The van der Waals surface area contributed by atoms with E-state index in [1.165, 1.54) is 0 Å². The zero-order valence-corrected chi connectivity index (χ0v) is 15.3. The highest BCUT2D eigenvalue weighted by Crippen LogP contribution is 2.32. The van der Waals surface area contributed by atoms with Crippen molar-refractivity contribution >= 4 is 29.9 Å². The molecular weight excluding hydrogens is 335 g/mol. The molecule has 1 atom stereocenters. The number of amides is 1. The number of carbonyl (C=O) groups is 1. The molecule has 0 saturated carbocycles. The second-order valence-electron chi connectivity index (χ2n) is 5.82. The Morgan fingerprint density at radius 3 is 2.61 bits per heavy atom. The van der Waals surface area contributed by atoms with Gasteiger partial charge in [-0.2, -0.15) is 0 Å². The van der Waals surface area contributed by atoms with Gasteiger partial charge in [-0.1, -0.05) is 43.6 Å². The molecule has 1 fully saturated rings. The smallest absolute Gasteiger partial charge is 0.230 e. The van der Waals surface area contributed by atoms with Gasteiger partial charge in [0.1, 0.15) is 6.10 Å². The fraction of sp³-hybridized carbons (Fsp3) is 0.588. The minimum Gasteiger partial charge on any atom is -0.370 e. The molecule has 2 rings (SSSR count). The maximum Gasteiger partial charge on any atom is 0.230 e. The summed E-state index contributed by atoms with van der Waals surface area (Å²) in [6.45, 7) is 6.11. The minimum atomic E-state index is -0.456. The molecule has 0 radical (unpaired) electrons. The van der Waals surface area contributed by atoms with Crippen molar-refractivity contribution in [2.75, 3.05) is 26.2 Å². The van der Waals surface area contributed by atoms with E-state index < -0.39 is 5.41 Å². The van der Waals surface area contributed by atoms with Crippen LogP contribution in [0.1, 0.15) is 38.4 Å². The molecule has 1 aliphatic rings. The van der Waals surface area contributed by atoms with E-state index in [2.05, 4.69) is 0 Å². The standard InChI is InChI=1S/C17H25ClN2O2.ClH/c1-3-17(4-2,12-19)16(21)20-9-10-22-15(11-20)13-7-5-6-8-14(13)18;/h5-8,15H,3-4,9-12,19H2,1-2H3;1H. The summed E-state index contributed by atoms with van der Waals surface area (Å²) >= 11 is 6.25. The maximum atomic E-state index is 12.9. The number of hydrogen-bond donors (Lipinski definition) is 1. The van der Waals surface area contributed by atoms with E-state index in [-0.39, 0.29) is 24.4 Å². The quantitative estimate of drug-likeness (QED) is 0.874. The van der Waals surface area contributed by atoms with Gasteiger partial charge in [0, 0.05) is 23.7 Å². The number of benzene rings is 1. The summed E-state index contributed by atoms with van der Waals surface area (Å²) in [7, 11) is 0. The van der Waals surface area contributed by atoms with Crippen LogP contribution in [0.25, 0.3) is 0 Å². The number of nitrogens with zero attached hydrogens (tertiary/aromatic N) is 1. The van der Waals surface area contributed by atoms with Crippen LogP contribution in [0.3, 0.4) is 0 Å². The molecule has 0 bridgehead atoms. The third kappa shape index (κ3) is 4.18. The lowest BCUT2D eigenvalue weighted by atomic mass is 9.80. The number of carbonyl (C=O) groups excluding carboxylic acids is 1. The summed E-state index contributed by atoms with van der Waals surface area (Å²) in [6, 6.07) is 7.64. The van der Waals surface area contributed by atoms with Crippen molar-refractivity contribution in [1.82, 2.24) is 4.90 Å². The molecule has 1 amide bonds. The Bertz CT molecular complexity index is 513. The van der Waals surface area contributed by atoms with E-state index >= 15 is 0 Å². The Hall–Kier alpha value is -0.810. The normalized spacial score (nSPS) is 18.4. The SMILES string of the molecule is CCC(CC)(CN)C(=O)N1CCOC(c2ccccc2Cl)C1.Cl. The Balaban J connectivity index is 0.00000264. The van der Waals surface area contributed by atoms with Crippen molar-refractivity contribution in [1.29, 1.82) is 0 Å². The molecule has 6 heteroatoms. The number of hydrogen-bond acceptors (Lipinski definition) is 3. The van der Waals surface area contributed by atoms with E-state index in [0.29, 0.717) is 31.3 Å². The van der Waals surface area contributed by atoms with Gasteiger partial charge in [0.05, 0.1) is 18.6 Å². The highest BCUT2D eigenvalue weighted by molar-refractivity contribution is 6.31. The van der Waals surface area contributed by atoms with E-state index in [9.17, 15) is 4.79 Å². The average Bonchev–Trinajstić information content (AvgIpc) is 2.57. The lowest BCUT2D eigenvalue weighted by molar-refractivity contribution is -0.150. The van der Waals surface area contributed by atoms with Gasteiger partial charge in [0.15, 0.2) is 0 Å². The third-order valence-electron chi connectivity index (χ3n) is 4.80. The summed E-state index contributed by atoms with van der Waals surface area (Å²) in [4.78, 5) is 14.8. The molecular formula is C17H26Cl2N2O2. The third-order valence-corrected chi connectivity index (χ3v) is 5.15. The van der Waals surface area contributed by atoms with Crippen molar-refractivity contribution in [2.24, 2.45) is 11.1 Å². The highest BCUT2D eigenvalue weighted by Gasteiger charge is 2.39. The van der Waals surface area contributed by atoms with Crippen LogP contribution in [0, 0.1) is 5.41 Å². The molecule has 0 aromatic heterocycles. The Kier molecular flexibility index (Phi) is 7.81. The molecule has 1 aromatic rings. The fourth-order valence-corrected chi connectivity index (χ4v) is 3.28. The molecule has 0 spiro atoms. The molecule has 1 heterocycles. The van der Waals surface area contributed by atoms with Crippen molar-refractivity contribution in [2.45, 2.75) is 32.8 Å². The van der Waals surface area contributed by atoms with Crippen LogP contribution in [-0.2, 0) is 9.53 Å². The van der Waals surface area contributed by atoms with E-state index in [0.717, 1.165) is 18.4 Å². The molecule has 23 heavy (non-hydrogen) atoms. The van der Waals surface area contributed by atoms with Gasteiger partial charge in [-0.3, -0.25) is 4.79 Å². The molecule has 4 nitrogen and oxygen atoms in total. The van der Waals surface area contributed by atoms with Crippen molar-refractivity contribution in [3.63, 3.8) is 0 Å². The summed E-state index contributed by atoms with van der Waals surface area (Å²) in [5.41, 5.74) is 6.39. The van der Waals surface area contributed by atoms with Gasteiger partial charge >= 0.3 is 0 Å². The molecule has 1 unspecified atom stereocenters. The van der Waals surface area contributed by atoms with Crippen LogP contribution in [0.5, 0.6) is 0 Å². The second kappa shape index (κ2) is 8.88. The van der Waals surface area contributed by atoms with Crippen LogP contribution < -0.4 is 5.73 Å². The fourth-order valence-electron chi connectivity index (χ4n) is 3.02. The van der Waals surface area contributed by atoms with Crippen LogP contribution >= 0.6 is 24.0 Å². The Labute approximate surface area is 149 Å². The zero-order valence-electron chi connectivity index (χ0n) is 13.8. The van der Waals surface area contributed by atoms with E-state index in [1.807, 2.05) is 43.0 Å². The molecule has 2 N–H and O–H groups in total. The molecule has 130 valence electrons. The van der Waals surface area contributed by atoms with Gasteiger partial charge in [-0.25, -0.2) is 0 Å². The number of halogens is 2. The van der Waals surface area contributed by atoms with Crippen LogP contribution in [0.4, 0.5) is 0 Å². The number of ether oxygens (including phenoxy) is 1. The summed E-state index contributed by atoms with van der Waals surface area (Å²) in [5.74, 6) is 0.139. The summed E-state index contributed by atoms with van der Waals surface area (Å²) < 4.78 is 5.83. The van der Waals surface area contributed by atoms with Crippen LogP contribution in [0.15, 0.2) is 24.3 Å². The summed E-state index contributed by atoms with van der Waals surface area (Å²) in [6.07, 6.45) is 1.34. The monoisotopic (exact) mass is 360 g/mol. The van der Waals surface area contributed by atoms with Gasteiger partial charge < -0.3 is 15.4 Å². The zero-order chi connectivity index (χ0) is 16.2. The highest BCUT2D eigenvalue weighted by atomic mass is 35.5. The molecule has 1 aromatic carbocycles. The first-order chi connectivity index (χ1) is 10.6. The number of morpholine rings is 1. The molecule has 1 saturated heterocycles. The first kappa shape index (κ1) is 20.2. The van der Waals surface area contributed by atoms with Gasteiger partial charge in [-0.05, 0) is 18.9 Å². The van der Waals surface area contributed by atoms with E-state index in [1.54, 1.807) is 0 Å². The molecule has 1 aliphatic heterocycles. The average molecular weight is 361 g/mol. The topological polar surface area (TPSA) is 55.6 Å². The lowest BCUT2D eigenvalue weighted by Crippen LogP contribution is -2.51. The summed E-state index contributed by atoms with van der Waals surface area (Å²) in [5, 5.41) is 0.679. The van der Waals surface area contributed by atoms with Gasteiger partial charge in [0.2, 0.25) is 5.91 Å². The first-order valence-corrected chi connectivity index (χ1v) is 8.31. The van der Waals surface area contributed by atoms with Crippen molar-refractivity contribution in [3.8, 4) is 0 Å². The first-order valence-electron chi connectivity index (χ1n) is 7.93. The van der Waals surface area contributed by atoms with Gasteiger partial charge in [0.25, 0.3) is 0 Å². The number of nitrogens with two attached hydrogens (primary N) is 1. The Morgan fingerprint density at radius 1 is 1.39 bits per heavy atom. The lowest BCUT2D eigenvalue weighted by Gasteiger charge is -2.39. The van der Waals surface area contributed by atoms with Crippen LogP contribution in [-0.4, -0.2) is 37.0 Å². The van der Waals surface area contributed by atoms with Crippen LogP contribution in [0.2, 0.25) is 5.02 Å². The number of rotatable bonds is 5. The van der Waals surface area contributed by atoms with Gasteiger partial charge in [-0.15, -0.1) is 12.4 Å². The Morgan fingerprint density at radius 2 is 2.04 bits per heavy atom. The second-order valence-corrected chi connectivity index (χ2v) is 6.23. The predicted octanol–water partition coefficient (Wildman–Crippen LogP) is 3.43. The van der Waals surface area contributed by atoms with Crippen molar-refractivity contribution in [3.05, 3.63) is 34.9 Å². The van der Waals surface area contributed by atoms with Crippen molar-refractivity contribution < 1.29 is 9.53 Å².